The summed E-state index contributed by atoms with van der Waals surface area (Å²) in [7, 11) is 0. The lowest BCUT2D eigenvalue weighted by Crippen LogP contribution is -2.52. The highest BCUT2D eigenvalue weighted by Gasteiger charge is 2.37. The van der Waals surface area contributed by atoms with Crippen molar-refractivity contribution in [3.8, 4) is 0 Å². The summed E-state index contributed by atoms with van der Waals surface area (Å²) in [5, 5.41) is 14.9. The molecule has 155 valence electrons. The molecule has 2 aromatic carbocycles. The van der Waals surface area contributed by atoms with Gasteiger partial charge < -0.3 is 25.8 Å². The highest BCUT2D eigenvalue weighted by Crippen LogP contribution is 2.33. The van der Waals surface area contributed by atoms with Crippen LogP contribution in [0.2, 0.25) is 0 Å². The zero-order valence-electron chi connectivity index (χ0n) is 16.5. The molecule has 4 N–H and O–H groups in total. The maximum absolute atomic E-state index is 10.5. The monoisotopic (exact) mass is 422 g/mol. The van der Waals surface area contributed by atoms with Gasteiger partial charge in [0.15, 0.2) is 0 Å². The molecule has 1 fully saturated rings. The van der Waals surface area contributed by atoms with Gasteiger partial charge in [0, 0.05) is 35.3 Å². The van der Waals surface area contributed by atoms with Crippen molar-refractivity contribution in [3.05, 3.63) is 54.1 Å². The molecule has 3 heterocycles. The number of nitrogens with zero attached hydrogens (tertiary/aromatic N) is 3. The number of benzene rings is 2. The van der Waals surface area contributed by atoms with Crippen LogP contribution in [0.1, 0.15) is 5.56 Å². The Morgan fingerprint density at radius 3 is 2.97 bits per heavy atom. The van der Waals surface area contributed by atoms with Crippen LogP contribution in [0.25, 0.3) is 10.9 Å². The number of ether oxygens (including phenoxy) is 1. The minimum Gasteiger partial charge on any atom is -0.380 e. The van der Waals surface area contributed by atoms with E-state index in [0.29, 0.717) is 45.3 Å². The van der Waals surface area contributed by atoms with Gasteiger partial charge in [-0.05, 0) is 29.8 Å². The van der Waals surface area contributed by atoms with E-state index in [4.69, 9.17) is 20.4 Å². The summed E-state index contributed by atoms with van der Waals surface area (Å²) in [4.78, 5) is 12.8. The maximum Gasteiger partial charge on any atom is 0.228 e. The van der Waals surface area contributed by atoms with Crippen LogP contribution < -0.4 is 16.0 Å². The molecular formula is C22H24N5O2S. The van der Waals surface area contributed by atoms with Crippen molar-refractivity contribution in [2.45, 2.75) is 16.9 Å². The van der Waals surface area contributed by atoms with Gasteiger partial charge in [0.2, 0.25) is 5.95 Å². The molecule has 2 aliphatic rings. The third-order valence-corrected chi connectivity index (χ3v) is 6.74. The van der Waals surface area contributed by atoms with Gasteiger partial charge in [-0.15, -0.1) is 0 Å². The second-order valence-electron chi connectivity index (χ2n) is 7.93. The number of rotatable bonds is 5. The number of β-amino-alcohol motifs (C(OH)–C–C–N with tert-alkyl or cyclic N) is 1. The van der Waals surface area contributed by atoms with E-state index in [9.17, 15) is 5.11 Å². The van der Waals surface area contributed by atoms with Gasteiger partial charge in [-0.1, -0.05) is 36.0 Å². The molecule has 7 nitrogen and oxygen atoms in total. The summed E-state index contributed by atoms with van der Waals surface area (Å²) in [6.45, 7) is 3.66. The Bertz CT molecular complexity index is 1050. The average molecular weight is 423 g/mol. The standard InChI is InChI=1S/C22H24N5O2S/c23-11-22(13-29-14-22)12-24-20-16-6-2-3-7-17(16)25-21(26-20)27-9-15-5-1-4-8-18(15)30-19(28)10-27/h1,3-8,19,28H,9-14,23H2,(H,24,25,26). The molecule has 0 amide bonds. The predicted molar refractivity (Wildman–Crippen MR) is 119 cm³/mol. The van der Waals surface area contributed by atoms with E-state index < -0.39 is 5.44 Å². The van der Waals surface area contributed by atoms with E-state index in [-0.39, 0.29) is 5.41 Å². The zero-order valence-corrected chi connectivity index (χ0v) is 17.4. The first kappa shape index (κ1) is 19.6. The van der Waals surface area contributed by atoms with Gasteiger partial charge in [0.05, 0.1) is 25.3 Å². The number of nitrogens with two attached hydrogens (primary N) is 1. The number of fused-ring (bicyclic) bond motifs is 2. The topological polar surface area (TPSA) is 96.5 Å². The summed E-state index contributed by atoms with van der Waals surface area (Å²) in [6.07, 6.45) is 0. The second kappa shape index (κ2) is 8.03. The molecule has 1 atom stereocenters. The molecule has 5 rings (SSSR count). The van der Waals surface area contributed by atoms with Gasteiger partial charge in [0.25, 0.3) is 0 Å². The SMILES string of the molecule is NCC1(CNc2nc(N3Cc4ccccc4SC(O)C3)nc3cc[c]cc23)COC1. The molecule has 1 saturated heterocycles. The third-order valence-electron chi connectivity index (χ3n) is 5.67. The van der Waals surface area contributed by atoms with Crippen LogP contribution in [0.15, 0.2) is 47.4 Å². The van der Waals surface area contributed by atoms with E-state index in [0.717, 1.165) is 27.2 Å². The molecule has 8 heteroatoms. The molecule has 1 unspecified atom stereocenters. The lowest BCUT2D eigenvalue weighted by atomic mass is 9.86. The number of hydrogen-bond donors (Lipinski definition) is 3. The van der Waals surface area contributed by atoms with Crippen LogP contribution in [0.4, 0.5) is 11.8 Å². The van der Waals surface area contributed by atoms with Crippen LogP contribution >= 0.6 is 11.8 Å². The van der Waals surface area contributed by atoms with Gasteiger partial charge in [-0.25, -0.2) is 4.98 Å². The smallest absolute Gasteiger partial charge is 0.228 e. The van der Waals surface area contributed by atoms with Crippen molar-refractivity contribution in [1.82, 2.24) is 9.97 Å². The summed E-state index contributed by atoms with van der Waals surface area (Å²) >= 11 is 1.48. The van der Waals surface area contributed by atoms with Gasteiger partial charge >= 0.3 is 0 Å². The molecule has 3 aromatic rings. The van der Waals surface area contributed by atoms with Crippen molar-refractivity contribution in [2.24, 2.45) is 11.1 Å². The summed E-state index contributed by atoms with van der Waals surface area (Å²) in [5.74, 6) is 1.35. The Morgan fingerprint density at radius 2 is 2.17 bits per heavy atom. The fourth-order valence-electron chi connectivity index (χ4n) is 3.78. The van der Waals surface area contributed by atoms with E-state index in [2.05, 4.69) is 17.4 Å². The highest BCUT2D eigenvalue weighted by molar-refractivity contribution is 7.99. The first-order chi connectivity index (χ1) is 14.7. The quantitative estimate of drug-likeness (QED) is 0.576. The molecule has 0 bridgehead atoms. The van der Waals surface area contributed by atoms with Crippen molar-refractivity contribution >= 4 is 34.4 Å². The first-order valence-electron chi connectivity index (χ1n) is 10.0. The highest BCUT2D eigenvalue weighted by atomic mass is 32.2. The van der Waals surface area contributed by atoms with E-state index >= 15 is 0 Å². The second-order valence-corrected chi connectivity index (χ2v) is 9.15. The average Bonchev–Trinajstić information content (AvgIpc) is 2.91. The maximum atomic E-state index is 10.5. The van der Waals surface area contributed by atoms with Gasteiger partial charge in [0.1, 0.15) is 11.3 Å². The van der Waals surface area contributed by atoms with Crippen molar-refractivity contribution in [3.63, 3.8) is 0 Å². The van der Waals surface area contributed by atoms with Crippen LogP contribution in [0, 0.1) is 11.5 Å². The van der Waals surface area contributed by atoms with Gasteiger partial charge in [-0.3, -0.25) is 0 Å². The van der Waals surface area contributed by atoms with E-state index in [1.807, 2.05) is 41.3 Å². The fraction of sp³-hybridized carbons (Fsp3) is 0.364. The number of aliphatic hydroxyl groups excluding tert-OH is 1. The predicted octanol–water partition coefficient (Wildman–Crippen LogP) is 2.25. The minimum absolute atomic E-state index is 0.0513. The number of anilines is 2. The van der Waals surface area contributed by atoms with Crippen molar-refractivity contribution in [1.29, 1.82) is 0 Å². The number of hydrogen-bond acceptors (Lipinski definition) is 8. The van der Waals surface area contributed by atoms with Gasteiger partial charge in [-0.2, -0.15) is 4.98 Å². The molecule has 1 radical (unpaired) electrons. The largest absolute Gasteiger partial charge is 0.380 e. The molecular weight excluding hydrogens is 398 g/mol. The first-order valence-corrected chi connectivity index (χ1v) is 10.9. The Labute approximate surface area is 179 Å². The normalized spacial score (nSPS) is 20.3. The summed E-state index contributed by atoms with van der Waals surface area (Å²) in [6, 6.07) is 17.0. The lowest BCUT2D eigenvalue weighted by Gasteiger charge is -2.40. The molecule has 2 aliphatic heterocycles. The number of aromatic nitrogens is 2. The summed E-state index contributed by atoms with van der Waals surface area (Å²) in [5.41, 5.74) is 7.37. The Hall–Kier alpha value is -2.39. The molecule has 0 aliphatic carbocycles. The molecule has 0 spiro atoms. The van der Waals surface area contributed by atoms with Crippen molar-refractivity contribution < 1.29 is 9.84 Å². The Kier molecular flexibility index (Phi) is 5.24. The molecule has 0 saturated carbocycles. The van der Waals surface area contributed by atoms with Crippen LogP contribution in [-0.2, 0) is 11.3 Å². The van der Waals surface area contributed by atoms with E-state index in [1.165, 1.54) is 11.8 Å². The third kappa shape index (κ3) is 3.72. The van der Waals surface area contributed by atoms with Crippen LogP contribution in [0.3, 0.4) is 0 Å². The molecule has 1 aromatic heterocycles. The van der Waals surface area contributed by atoms with Crippen LogP contribution in [0.5, 0.6) is 0 Å². The summed E-state index contributed by atoms with van der Waals surface area (Å²) < 4.78 is 5.39. The van der Waals surface area contributed by atoms with E-state index in [1.54, 1.807) is 0 Å². The number of nitrogens with one attached hydrogen (secondary N) is 1. The van der Waals surface area contributed by atoms with Crippen LogP contribution in [-0.4, -0.2) is 53.4 Å². The fourth-order valence-corrected chi connectivity index (χ4v) is 4.77. The molecule has 30 heavy (non-hydrogen) atoms. The Balaban J connectivity index is 1.50. The zero-order chi connectivity index (χ0) is 20.6. The minimum atomic E-state index is -0.555. The van der Waals surface area contributed by atoms with Crippen molar-refractivity contribution in [2.75, 3.05) is 43.1 Å². The number of thioether (sulfide) groups is 1. The lowest BCUT2D eigenvalue weighted by molar-refractivity contribution is -0.0979. The Morgan fingerprint density at radius 1 is 1.30 bits per heavy atom. The number of aliphatic hydroxyl groups is 1.